The Morgan fingerprint density at radius 2 is 2.25 bits per heavy atom. The first-order chi connectivity index (χ1) is 9.46. The molecule has 0 radical (unpaired) electrons. The van der Waals surface area contributed by atoms with Gasteiger partial charge in [-0.1, -0.05) is 6.92 Å². The van der Waals surface area contributed by atoms with Crippen molar-refractivity contribution < 1.29 is 9.53 Å². The van der Waals surface area contributed by atoms with E-state index in [0.717, 1.165) is 36.5 Å². The van der Waals surface area contributed by atoms with Crippen molar-refractivity contribution >= 4 is 22.4 Å². The number of carbonyl (C=O) groups excluding carboxylic acids is 1. The van der Waals surface area contributed by atoms with Crippen molar-refractivity contribution in [1.29, 1.82) is 0 Å². The standard InChI is InChI=1S/C15H24N2O2S/c1-5-15(3,4)17-14-16-12-10(13(18)19-6-2)8-7-9-11(12)20-14/h10H,5-9H2,1-4H3,(H,16,17). The normalized spacial score (nSPS) is 18.5. The Kier molecular flexibility index (Phi) is 4.68. The van der Waals surface area contributed by atoms with E-state index in [-0.39, 0.29) is 17.4 Å². The molecule has 1 N–H and O–H groups in total. The predicted molar refractivity (Wildman–Crippen MR) is 82.4 cm³/mol. The number of fused-ring (bicyclic) bond motifs is 1. The monoisotopic (exact) mass is 296 g/mol. The van der Waals surface area contributed by atoms with Gasteiger partial charge in [-0.2, -0.15) is 0 Å². The van der Waals surface area contributed by atoms with Gasteiger partial charge in [0.2, 0.25) is 0 Å². The molecular formula is C15H24N2O2S. The average molecular weight is 296 g/mol. The number of thiazole rings is 1. The summed E-state index contributed by atoms with van der Waals surface area (Å²) in [4.78, 5) is 17.9. The summed E-state index contributed by atoms with van der Waals surface area (Å²) in [5, 5.41) is 4.40. The van der Waals surface area contributed by atoms with Gasteiger partial charge < -0.3 is 10.1 Å². The number of rotatable bonds is 5. The predicted octanol–water partition coefficient (Wildman–Crippen LogP) is 3.73. The van der Waals surface area contributed by atoms with E-state index in [9.17, 15) is 4.79 Å². The van der Waals surface area contributed by atoms with Gasteiger partial charge in [0.25, 0.3) is 0 Å². The Labute approximate surface area is 124 Å². The number of hydrogen-bond donors (Lipinski definition) is 1. The first-order valence-electron chi connectivity index (χ1n) is 7.41. The molecule has 0 aromatic carbocycles. The number of carbonyl (C=O) groups is 1. The molecule has 4 nitrogen and oxygen atoms in total. The first-order valence-corrected chi connectivity index (χ1v) is 8.23. The highest BCUT2D eigenvalue weighted by Gasteiger charge is 2.31. The highest BCUT2D eigenvalue weighted by atomic mass is 32.1. The zero-order valence-corrected chi connectivity index (χ0v) is 13.6. The van der Waals surface area contributed by atoms with Gasteiger partial charge in [0, 0.05) is 10.4 Å². The second-order valence-corrected chi connectivity index (χ2v) is 6.97. The van der Waals surface area contributed by atoms with Crippen molar-refractivity contribution in [3.05, 3.63) is 10.6 Å². The molecule has 0 spiro atoms. The van der Waals surface area contributed by atoms with E-state index < -0.39 is 0 Å². The number of nitrogens with one attached hydrogen (secondary N) is 1. The summed E-state index contributed by atoms with van der Waals surface area (Å²) in [5.41, 5.74) is 0.967. The lowest BCUT2D eigenvalue weighted by Gasteiger charge is -2.23. The molecule has 1 unspecified atom stereocenters. The van der Waals surface area contributed by atoms with Crippen LogP contribution in [0, 0.1) is 0 Å². The third-order valence-electron chi connectivity index (χ3n) is 3.85. The maximum absolute atomic E-state index is 12.0. The molecule has 5 heteroatoms. The van der Waals surface area contributed by atoms with Gasteiger partial charge in [-0.25, -0.2) is 4.98 Å². The summed E-state index contributed by atoms with van der Waals surface area (Å²) >= 11 is 1.69. The minimum absolute atomic E-state index is 0.0277. The topological polar surface area (TPSA) is 51.2 Å². The Morgan fingerprint density at radius 3 is 2.90 bits per heavy atom. The second-order valence-electron chi connectivity index (χ2n) is 5.89. The third kappa shape index (κ3) is 3.32. The molecule has 1 aliphatic carbocycles. The molecule has 0 amide bonds. The third-order valence-corrected chi connectivity index (χ3v) is 4.90. The molecule has 0 bridgehead atoms. The number of anilines is 1. The Morgan fingerprint density at radius 1 is 1.50 bits per heavy atom. The van der Waals surface area contributed by atoms with Crippen LogP contribution in [0.5, 0.6) is 0 Å². The molecule has 1 aromatic heterocycles. The van der Waals surface area contributed by atoms with E-state index in [1.165, 1.54) is 4.88 Å². The van der Waals surface area contributed by atoms with Crippen LogP contribution in [0.25, 0.3) is 0 Å². The van der Waals surface area contributed by atoms with Crippen LogP contribution in [0.1, 0.15) is 63.4 Å². The van der Waals surface area contributed by atoms with Crippen molar-refractivity contribution in [2.24, 2.45) is 0 Å². The Balaban J connectivity index is 2.20. The number of ether oxygens (including phenoxy) is 1. The summed E-state index contributed by atoms with van der Waals surface area (Å²) < 4.78 is 5.17. The summed E-state index contributed by atoms with van der Waals surface area (Å²) in [7, 11) is 0. The van der Waals surface area contributed by atoms with Crippen LogP contribution in [-0.4, -0.2) is 23.1 Å². The number of aromatic nitrogens is 1. The van der Waals surface area contributed by atoms with E-state index in [0.29, 0.717) is 6.61 Å². The Hall–Kier alpha value is -1.10. The second kappa shape index (κ2) is 6.12. The van der Waals surface area contributed by atoms with Crippen molar-refractivity contribution in [3.8, 4) is 0 Å². The van der Waals surface area contributed by atoms with Crippen LogP contribution in [0.4, 0.5) is 5.13 Å². The largest absolute Gasteiger partial charge is 0.465 e. The molecule has 1 heterocycles. The van der Waals surface area contributed by atoms with Crippen molar-refractivity contribution in [1.82, 2.24) is 4.98 Å². The minimum atomic E-state index is -0.171. The van der Waals surface area contributed by atoms with Crippen LogP contribution in [0.2, 0.25) is 0 Å². The summed E-state index contributed by atoms with van der Waals surface area (Å²) in [6.07, 6.45) is 3.94. The SMILES string of the molecule is CCOC(=O)C1CCCc2sc(NC(C)(C)CC)nc21. The van der Waals surface area contributed by atoms with Gasteiger partial charge in [-0.3, -0.25) is 4.79 Å². The summed E-state index contributed by atoms with van der Waals surface area (Å²) in [5.74, 6) is -0.296. The molecule has 1 aliphatic rings. The van der Waals surface area contributed by atoms with E-state index in [1.807, 2.05) is 6.92 Å². The van der Waals surface area contributed by atoms with E-state index in [4.69, 9.17) is 4.74 Å². The number of nitrogens with zero attached hydrogens (tertiary/aromatic N) is 1. The van der Waals surface area contributed by atoms with E-state index in [1.54, 1.807) is 11.3 Å². The van der Waals surface area contributed by atoms with E-state index in [2.05, 4.69) is 31.1 Å². The van der Waals surface area contributed by atoms with Crippen LogP contribution >= 0.6 is 11.3 Å². The lowest BCUT2D eigenvalue weighted by molar-refractivity contribution is -0.145. The lowest BCUT2D eigenvalue weighted by Crippen LogP contribution is -2.29. The van der Waals surface area contributed by atoms with Gasteiger partial charge >= 0.3 is 5.97 Å². The van der Waals surface area contributed by atoms with Gasteiger partial charge in [-0.05, 0) is 46.5 Å². The zero-order valence-electron chi connectivity index (χ0n) is 12.8. The molecule has 1 aromatic rings. The fourth-order valence-electron chi connectivity index (χ4n) is 2.32. The number of aryl methyl sites for hydroxylation is 1. The van der Waals surface area contributed by atoms with Gasteiger partial charge in [0.1, 0.15) is 5.92 Å². The molecule has 1 atom stereocenters. The van der Waals surface area contributed by atoms with Gasteiger partial charge in [0.15, 0.2) is 5.13 Å². The van der Waals surface area contributed by atoms with E-state index >= 15 is 0 Å². The molecule has 20 heavy (non-hydrogen) atoms. The number of hydrogen-bond acceptors (Lipinski definition) is 5. The van der Waals surface area contributed by atoms with Crippen molar-refractivity contribution in [2.75, 3.05) is 11.9 Å². The quantitative estimate of drug-likeness (QED) is 0.841. The van der Waals surface area contributed by atoms with Gasteiger partial charge in [0.05, 0.1) is 12.3 Å². The van der Waals surface area contributed by atoms with Crippen LogP contribution in [0.3, 0.4) is 0 Å². The molecule has 0 fully saturated rings. The highest BCUT2D eigenvalue weighted by Crippen LogP contribution is 2.38. The number of esters is 1. The Bertz CT molecular complexity index is 482. The highest BCUT2D eigenvalue weighted by molar-refractivity contribution is 7.15. The fourth-order valence-corrected chi connectivity index (χ4v) is 3.57. The first kappa shape index (κ1) is 15.3. The smallest absolute Gasteiger partial charge is 0.315 e. The maximum Gasteiger partial charge on any atom is 0.315 e. The van der Waals surface area contributed by atoms with Crippen molar-refractivity contribution in [3.63, 3.8) is 0 Å². The van der Waals surface area contributed by atoms with Crippen LogP contribution in [-0.2, 0) is 16.0 Å². The minimum Gasteiger partial charge on any atom is -0.465 e. The molecule has 0 saturated carbocycles. The molecule has 0 aliphatic heterocycles. The van der Waals surface area contributed by atoms with Crippen molar-refractivity contribution in [2.45, 2.75) is 64.8 Å². The molecule has 0 saturated heterocycles. The average Bonchev–Trinajstić information content (AvgIpc) is 2.80. The summed E-state index contributed by atoms with van der Waals surface area (Å²) in [6, 6.07) is 0. The molecular weight excluding hydrogens is 272 g/mol. The maximum atomic E-state index is 12.0. The fraction of sp³-hybridized carbons (Fsp3) is 0.733. The molecule has 112 valence electrons. The van der Waals surface area contributed by atoms with Crippen LogP contribution in [0.15, 0.2) is 0 Å². The molecule has 2 rings (SSSR count). The van der Waals surface area contributed by atoms with Gasteiger partial charge in [-0.15, -0.1) is 11.3 Å². The lowest BCUT2D eigenvalue weighted by atomic mass is 9.91. The zero-order chi connectivity index (χ0) is 14.8. The summed E-state index contributed by atoms with van der Waals surface area (Å²) in [6.45, 7) is 8.76. The van der Waals surface area contributed by atoms with Crippen LogP contribution < -0.4 is 5.32 Å².